The van der Waals surface area contributed by atoms with Crippen molar-refractivity contribution in [2.75, 3.05) is 5.32 Å². The second-order valence-corrected chi connectivity index (χ2v) is 7.32. The van der Waals surface area contributed by atoms with Crippen LogP contribution in [0.3, 0.4) is 0 Å². The molecule has 2 heterocycles. The molecule has 1 amide bonds. The number of nitrogens with zero attached hydrogens (tertiary/aromatic N) is 4. The van der Waals surface area contributed by atoms with Crippen molar-refractivity contribution in [3.05, 3.63) is 94.4 Å². The van der Waals surface area contributed by atoms with Crippen LogP contribution in [0.2, 0.25) is 10.0 Å². The van der Waals surface area contributed by atoms with Gasteiger partial charge in [0.25, 0.3) is 5.91 Å². The predicted molar refractivity (Wildman–Crippen MR) is 115 cm³/mol. The van der Waals surface area contributed by atoms with E-state index in [1.54, 1.807) is 53.5 Å². The predicted octanol–water partition coefficient (Wildman–Crippen LogP) is 4.72. The SMILES string of the molecule is O=C(Nc1ccn(Cc2cccc(Cl)c2)n1)c1ccn(COc2ccc(Cl)cc2)n1. The number of benzene rings is 2. The summed E-state index contributed by atoms with van der Waals surface area (Å²) in [5, 5.41) is 12.6. The van der Waals surface area contributed by atoms with Crippen molar-refractivity contribution in [2.24, 2.45) is 0 Å². The maximum absolute atomic E-state index is 12.4. The van der Waals surface area contributed by atoms with Crippen LogP contribution in [0.15, 0.2) is 73.1 Å². The lowest BCUT2D eigenvalue weighted by Gasteiger charge is -2.06. The van der Waals surface area contributed by atoms with Gasteiger partial charge in [-0.05, 0) is 48.0 Å². The molecule has 0 unspecified atom stereocenters. The number of carbonyl (C=O) groups excluding carboxylic acids is 1. The van der Waals surface area contributed by atoms with Crippen LogP contribution in [0.5, 0.6) is 5.75 Å². The number of amides is 1. The van der Waals surface area contributed by atoms with E-state index in [9.17, 15) is 4.79 Å². The number of hydrogen-bond acceptors (Lipinski definition) is 4. The smallest absolute Gasteiger partial charge is 0.277 e. The Morgan fingerprint density at radius 2 is 1.73 bits per heavy atom. The summed E-state index contributed by atoms with van der Waals surface area (Å²) in [5.41, 5.74) is 1.28. The van der Waals surface area contributed by atoms with Crippen LogP contribution in [0.4, 0.5) is 5.82 Å². The molecule has 0 aliphatic rings. The molecular formula is C21H17Cl2N5O2. The molecule has 4 aromatic rings. The monoisotopic (exact) mass is 441 g/mol. The lowest BCUT2D eigenvalue weighted by molar-refractivity contribution is 0.101. The summed E-state index contributed by atoms with van der Waals surface area (Å²) >= 11 is 11.9. The van der Waals surface area contributed by atoms with E-state index in [0.717, 1.165) is 5.56 Å². The number of anilines is 1. The minimum absolute atomic E-state index is 0.170. The van der Waals surface area contributed by atoms with Gasteiger partial charge in [-0.2, -0.15) is 10.2 Å². The first-order chi connectivity index (χ1) is 14.5. The molecular weight excluding hydrogens is 425 g/mol. The maximum atomic E-state index is 12.4. The van der Waals surface area contributed by atoms with Gasteiger partial charge in [0.2, 0.25) is 0 Å². The van der Waals surface area contributed by atoms with Crippen molar-refractivity contribution in [1.29, 1.82) is 0 Å². The van der Waals surface area contributed by atoms with Crippen LogP contribution in [0, 0.1) is 0 Å². The number of halogens is 2. The van der Waals surface area contributed by atoms with Crippen LogP contribution < -0.4 is 10.1 Å². The summed E-state index contributed by atoms with van der Waals surface area (Å²) < 4.78 is 8.86. The van der Waals surface area contributed by atoms with Crippen LogP contribution in [-0.4, -0.2) is 25.5 Å². The van der Waals surface area contributed by atoms with Crippen molar-refractivity contribution in [2.45, 2.75) is 13.3 Å². The third-order valence-corrected chi connectivity index (χ3v) is 4.65. The fourth-order valence-corrected chi connectivity index (χ4v) is 3.08. The van der Waals surface area contributed by atoms with E-state index >= 15 is 0 Å². The molecule has 2 aromatic carbocycles. The number of aromatic nitrogens is 4. The van der Waals surface area contributed by atoms with E-state index in [-0.39, 0.29) is 18.3 Å². The van der Waals surface area contributed by atoms with Crippen molar-refractivity contribution in [3.8, 4) is 5.75 Å². The molecule has 0 atom stereocenters. The lowest BCUT2D eigenvalue weighted by Crippen LogP contribution is -2.15. The molecule has 2 aromatic heterocycles. The highest BCUT2D eigenvalue weighted by Gasteiger charge is 2.12. The highest BCUT2D eigenvalue weighted by Crippen LogP contribution is 2.16. The van der Waals surface area contributed by atoms with Crippen molar-refractivity contribution in [3.63, 3.8) is 0 Å². The molecule has 1 N–H and O–H groups in total. The zero-order chi connectivity index (χ0) is 20.9. The Morgan fingerprint density at radius 3 is 2.53 bits per heavy atom. The molecule has 0 spiro atoms. The van der Waals surface area contributed by atoms with Gasteiger partial charge < -0.3 is 10.1 Å². The fraction of sp³-hybridized carbons (Fsp3) is 0.0952. The molecule has 0 bridgehead atoms. The van der Waals surface area contributed by atoms with Crippen LogP contribution >= 0.6 is 23.2 Å². The Kier molecular flexibility index (Phi) is 6.02. The summed E-state index contributed by atoms with van der Waals surface area (Å²) in [5.74, 6) is 0.744. The summed E-state index contributed by atoms with van der Waals surface area (Å²) in [6.07, 6.45) is 3.46. The third kappa shape index (κ3) is 5.20. The number of nitrogens with one attached hydrogen (secondary N) is 1. The fourth-order valence-electron chi connectivity index (χ4n) is 2.75. The molecule has 152 valence electrons. The highest BCUT2D eigenvalue weighted by molar-refractivity contribution is 6.30. The molecule has 0 aliphatic heterocycles. The summed E-state index contributed by atoms with van der Waals surface area (Å²) in [6.45, 7) is 0.719. The van der Waals surface area contributed by atoms with Crippen LogP contribution in [0.1, 0.15) is 16.1 Å². The summed E-state index contributed by atoms with van der Waals surface area (Å²) in [4.78, 5) is 12.4. The first-order valence-electron chi connectivity index (χ1n) is 9.06. The van der Waals surface area contributed by atoms with Gasteiger partial charge in [0.05, 0.1) is 6.54 Å². The van der Waals surface area contributed by atoms with Gasteiger partial charge in [0, 0.05) is 28.5 Å². The van der Waals surface area contributed by atoms with E-state index < -0.39 is 0 Å². The van der Waals surface area contributed by atoms with E-state index in [1.165, 1.54) is 4.68 Å². The Balaban J connectivity index is 1.33. The third-order valence-electron chi connectivity index (χ3n) is 4.17. The number of rotatable bonds is 7. The van der Waals surface area contributed by atoms with Gasteiger partial charge in [0.1, 0.15) is 5.75 Å². The standard InChI is InChI=1S/C21H17Cl2N5O2/c22-16-4-6-18(7-5-16)30-14-28-10-8-19(25-28)21(29)24-20-9-11-27(26-20)13-15-2-1-3-17(23)12-15/h1-12H,13-14H2,(H,24,26,29). The molecule has 0 radical (unpaired) electrons. The van der Waals surface area contributed by atoms with Gasteiger partial charge in [-0.25, -0.2) is 4.68 Å². The first-order valence-corrected chi connectivity index (χ1v) is 9.82. The van der Waals surface area contributed by atoms with Crippen LogP contribution in [-0.2, 0) is 13.3 Å². The number of carbonyl (C=O) groups is 1. The molecule has 30 heavy (non-hydrogen) atoms. The molecule has 4 rings (SSSR count). The molecule has 0 fully saturated rings. The summed E-state index contributed by atoms with van der Waals surface area (Å²) in [6, 6.07) is 17.9. The van der Waals surface area contributed by atoms with Gasteiger partial charge in [-0.1, -0.05) is 35.3 Å². The van der Waals surface area contributed by atoms with Crippen LogP contribution in [0.25, 0.3) is 0 Å². The van der Waals surface area contributed by atoms with E-state index in [2.05, 4.69) is 15.5 Å². The molecule has 0 saturated heterocycles. The van der Waals surface area contributed by atoms with Gasteiger partial charge in [-0.3, -0.25) is 9.48 Å². The molecule has 0 aliphatic carbocycles. The maximum Gasteiger partial charge on any atom is 0.277 e. The normalized spacial score (nSPS) is 10.7. The zero-order valence-corrected chi connectivity index (χ0v) is 17.2. The molecule has 7 nitrogen and oxygen atoms in total. The Morgan fingerprint density at radius 1 is 0.933 bits per heavy atom. The van der Waals surface area contributed by atoms with Crippen molar-refractivity contribution in [1.82, 2.24) is 19.6 Å². The summed E-state index contributed by atoms with van der Waals surface area (Å²) in [7, 11) is 0. The zero-order valence-electron chi connectivity index (χ0n) is 15.7. The quantitative estimate of drug-likeness (QED) is 0.450. The van der Waals surface area contributed by atoms with Gasteiger partial charge >= 0.3 is 0 Å². The Labute approximate surface area is 182 Å². The average molecular weight is 442 g/mol. The minimum atomic E-state index is -0.353. The number of hydrogen-bond donors (Lipinski definition) is 1. The van der Waals surface area contributed by atoms with Gasteiger partial charge in [0.15, 0.2) is 18.2 Å². The molecule has 9 heteroatoms. The van der Waals surface area contributed by atoms with E-state index in [0.29, 0.717) is 28.2 Å². The molecule has 0 saturated carbocycles. The van der Waals surface area contributed by atoms with Gasteiger partial charge in [-0.15, -0.1) is 0 Å². The second-order valence-electron chi connectivity index (χ2n) is 6.45. The number of ether oxygens (including phenoxy) is 1. The minimum Gasteiger partial charge on any atom is -0.471 e. The second kappa shape index (κ2) is 9.02. The average Bonchev–Trinajstić information content (AvgIpc) is 3.37. The first kappa shape index (κ1) is 20.0. The Bertz CT molecular complexity index is 1150. The van der Waals surface area contributed by atoms with Crippen molar-refractivity contribution < 1.29 is 9.53 Å². The largest absolute Gasteiger partial charge is 0.471 e. The van der Waals surface area contributed by atoms with E-state index in [1.807, 2.05) is 24.3 Å². The highest BCUT2D eigenvalue weighted by atomic mass is 35.5. The Hall–Kier alpha value is -3.29. The van der Waals surface area contributed by atoms with E-state index in [4.69, 9.17) is 27.9 Å². The lowest BCUT2D eigenvalue weighted by atomic mass is 10.2. The topological polar surface area (TPSA) is 74.0 Å². The van der Waals surface area contributed by atoms with Crippen molar-refractivity contribution >= 4 is 34.9 Å².